The molecule has 0 aliphatic carbocycles. The molecule has 1 aromatic carbocycles. The van der Waals surface area contributed by atoms with Crippen molar-refractivity contribution in [3.05, 3.63) is 34.9 Å². The fourth-order valence-electron chi connectivity index (χ4n) is 2.44. The van der Waals surface area contributed by atoms with E-state index < -0.39 is 6.04 Å². The van der Waals surface area contributed by atoms with Crippen LogP contribution in [0.5, 0.6) is 0 Å². The van der Waals surface area contributed by atoms with E-state index in [9.17, 15) is 9.59 Å². The van der Waals surface area contributed by atoms with Gasteiger partial charge < -0.3 is 15.1 Å². The summed E-state index contributed by atoms with van der Waals surface area (Å²) in [6, 6.07) is 6.82. The number of piperazine rings is 1. The van der Waals surface area contributed by atoms with Gasteiger partial charge in [-0.3, -0.25) is 9.59 Å². The summed E-state index contributed by atoms with van der Waals surface area (Å²) < 4.78 is 0. The summed E-state index contributed by atoms with van der Waals surface area (Å²) in [6.45, 7) is 1.75. The molecule has 1 aromatic rings. The van der Waals surface area contributed by atoms with Crippen LogP contribution in [-0.2, 0) is 16.0 Å². The molecule has 21 heavy (non-hydrogen) atoms. The van der Waals surface area contributed by atoms with Gasteiger partial charge in [0, 0.05) is 38.8 Å². The van der Waals surface area contributed by atoms with Gasteiger partial charge in [-0.2, -0.15) is 0 Å². The van der Waals surface area contributed by atoms with Gasteiger partial charge in [0.1, 0.15) is 6.04 Å². The van der Waals surface area contributed by atoms with Crippen LogP contribution >= 0.6 is 11.6 Å². The Morgan fingerprint density at radius 1 is 1.43 bits per heavy atom. The van der Waals surface area contributed by atoms with Crippen LogP contribution in [0.15, 0.2) is 24.3 Å². The molecule has 6 heteroatoms. The molecule has 0 aromatic heterocycles. The first-order chi connectivity index (χ1) is 9.99. The molecular weight excluding hydrogens is 290 g/mol. The first kappa shape index (κ1) is 15.8. The first-order valence-electron chi connectivity index (χ1n) is 6.95. The Morgan fingerprint density at radius 2 is 2.19 bits per heavy atom. The number of benzene rings is 1. The van der Waals surface area contributed by atoms with Crippen molar-refractivity contribution in [3.8, 4) is 0 Å². The number of nitrogens with one attached hydrogen (secondary N) is 1. The molecule has 114 valence electrons. The zero-order chi connectivity index (χ0) is 15.4. The lowest BCUT2D eigenvalue weighted by molar-refractivity contribution is -0.145. The Balaban J connectivity index is 2.10. The number of amides is 2. The molecule has 1 fully saturated rings. The average Bonchev–Trinajstić information content (AvgIpc) is 2.46. The minimum absolute atomic E-state index is 0.0426. The molecule has 1 aliphatic rings. The third-order valence-electron chi connectivity index (χ3n) is 3.53. The summed E-state index contributed by atoms with van der Waals surface area (Å²) >= 11 is 5.94. The smallest absolute Gasteiger partial charge is 0.246 e. The zero-order valence-corrected chi connectivity index (χ0v) is 13.1. The lowest BCUT2D eigenvalue weighted by atomic mass is 10.1. The number of rotatable bonds is 3. The fourth-order valence-corrected chi connectivity index (χ4v) is 2.66. The number of likely N-dealkylation sites (N-methyl/N-ethyl adjacent to an activating group) is 1. The zero-order valence-electron chi connectivity index (χ0n) is 12.3. The van der Waals surface area contributed by atoms with E-state index in [4.69, 9.17) is 11.6 Å². The molecule has 1 heterocycles. The average molecular weight is 310 g/mol. The van der Waals surface area contributed by atoms with Crippen molar-refractivity contribution >= 4 is 23.4 Å². The van der Waals surface area contributed by atoms with Crippen molar-refractivity contribution in [2.45, 2.75) is 12.5 Å². The number of carbonyl (C=O) groups excluding carboxylic acids is 2. The van der Waals surface area contributed by atoms with Crippen molar-refractivity contribution < 1.29 is 9.59 Å². The molecule has 0 saturated carbocycles. The standard InChI is InChI=1S/C15H20ClN3O2/c1-18(2)15(21)13-10-17-6-7-19(13)14(20)9-11-4-3-5-12(16)8-11/h3-5,8,13,17H,6-7,9-10H2,1-2H3. The first-order valence-corrected chi connectivity index (χ1v) is 7.32. The maximum absolute atomic E-state index is 12.5. The molecule has 0 spiro atoms. The molecule has 1 atom stereocenters. The molecule has 2 rings (SSSR count). The van der Waals surface area contributed by atoms with E-state index in [1.165, 1.54) is 4.90 Å². The number of carbonyl (C=O) groups is 2. The van der Waals surface area contributed by atoms with E-state index in [2.05, 4.69) is 5.32 Å². The van der Waals surface area contributed by atoms with E-state index in [0.29, 0.717) is 24.7 Å². The largest absolute Gasteiger partial charge is 0.347 e. The van der Waals surface area contributed by atoms with E-state index in [0.717, 1.165) is 5.56 Å². The Kier molecular flexibility index (Phi) is 5.20. The minimum Gasteiger partial charge on any atom is -0.347 e. The topological polar surface area (TPSA) is 52.7 Å². The summed E-state index contributed by atoms with van der Waals surface area (Å²) in [7, 11) is 3.41. The molecule has 0 bridgehead atoms. The molecule has 1 saturated heterocycles. The van der Waals surface area contributed by atoms with Crippen molar-refractivity contribution in [1.29, 1.82) is 0 Å². The predicted octanol–water partition coefficient (Wildman–Crippen LogP) is 0.771. The molecule has 1 N–H and O–H groups in total. The van der Waals surface area contributed by atoms with E-state index in [1.807, 2.05) is 12.1 Å². The third kappa shape index (κ3) is 3.95. The summed E-state index contributed by atoms with van der Waals surface area (Å²) in [5.41, 5.74) is 0.863. The van der Waals surface area contributed by atoms with Gasteiger partial charge in [-0.1, -0.05) is 23.7 Å². The number of halogens is 1. The second-order valence-electron chi connectivity index (χ2n) is 5.35. The Labute approximate surface area is 129 Å². The highest BCUT2D eigenvalue weighted by atomic mass is 35.5. The van der Waals surface area contributed by atoms with Crippen molar-refractivity contribution in [3.63, 3.8) is 0 Å². The van der Waals surface area contributed by atoms with Crippen LogP contribution in [-0.4, -0.2) is 61.4 Å². The van der Waals surface area contributed by atoms with Crippen LogP contribution in [0.25, 0.3) is 0 Å². The predicted molar refractivity (Wildman–Crippen MR) is 82.2 cm³/mol. The SMILES string of the molecule is CN(C)C(=O)C1CNCCN1C(=O)Cc1cccc(Cl)c1. The van der Waals surface area contributed by atoms with E-state index >= 15 is 0 Å². The highest BCUT2D eigenvalue weighted by molar-refractivity contribution is 6.30. The molecule has 1 aliphatic heterocycles. The molecule has 5 nitrogen and oxygen atoms in total. The second-order valence-corrected chi connectivity index (χ2v) is 5.78. The lowest BCUT2D eigenvalue weighted by Crippen LogP contribution is -2.59. The molecule has 0 radical (unpaired) electrons. The Bertz CT molecular complexity index is 533. The van der Waals surface area contributed by atoms with Crippen LogP contribution < -0.4 is 5.32 Å². The highest BCUT2D eigenvalue weighted by Gasteiger charge is 2.32. The van der Waals surface area contributed by atoms with Gasteiger partial charge in [0.2, 0.25) is 11.8 Å². The number of hydrogen-bond donors (Lipinski definition) is 1. The van der Waals surface area contributed by atoms with Gasteiger partial charge in [-0.05, 0) is 17.7 Å². The summed E-state index contributed by atoms with van der Waals surface area (Å²) in [5, 5.41) is 3.78. The maximum atomic E-state index is 12.5. The summed E-state index contributed by atoms with van der Waals surface area (Å²) in [4.78, 5) is 27.9. The Morgan fingerprint density at radius 3 is 2.86 bits per heavy atom. The van der Waals surface area contributed by atoms with Crippen molar-refractivity contribution in [1.82, 2.24) is 15.1 Å². The van der Waals surface area contributed by atoms with Gasteiger partial charge in [0.15, 0.2) is 0 Å². The normalized spacial score (nSPS) is 18.4. The second kappa shape index (κ2) is 6.91. The van der Waals surface area contributed by atoms with Gasteiger partial charge in [0.25, 0.3) is 0 Å². The maximum Gasteiger partial charge on any atom is 0.246 e. The number of nitrogens with zero attached hydrogens (tertiary/aromatic N) is 2. The van der Waals surface area contributed by atoms with Gasteiger partial charge in [-0.15, -0.1) is 0 Å². The van der Waals surface area contributed by atoms with Gasteiger partial charge in [-0.25, -0.2) is 0 Å². The number of hydrogen-bond acceptors (Lipinski definition) is 3. The summed E-state index contributed by atoms with van der Waals surface area (Å²) in [5.74, 6) is -0.0967. The van der Waals surface area contributed by atoms with Crippen molar-refractivity contribution in [2.75, 3.05) is 33.7 Å². The van der Waals surface area contributed by atoms with E-state index in [-0.39, 0.29) is 18.2 Å². The quantitative estimate of drug-likeness (QED) is 0.897. The van der Waals surface area contributed by atoms with Crippen molar-refractivity contribution in [2.24, 2.45) is 0 Å². The van der Waals surface area contributed by atoms with Gasteiger partial charge >= 0.3 is 0 Å². The van der Waals surface area contributed by atoms with Gasteiger partial charge in [0.05, 0.1) is 6.42 Å². The van der Waals surface area contributed by atoms with E-state index in [1.54, 1.807) is 31.1 Å². The Hall–Kier alpha value is -1.59. The van der Waals surface area contributed by atoms with Crippen LogP contribution in [0.3, 0.4) is 0 Å². The van der Waals surface area contributed by atoms with Crippen LogP contribution in [0.4, 0.5) is 0 Å². The lowest BCUT2D eigenvalue weighted by Gasteiger charge is -2.36. The highest BCUT2D eigenvalue weighted by Crippen LogP contribution is 2.14. The molecule has 2 amide bonds. The molecule has 1 unspecified atom stereocenters. The van der Waals surface area contributed by atoms with Crippen LogP contribution in [0.1, 0.15) is 5.56 Å². The van der Waals surface area contributed by atoms with Crippen LogP contribution in [0.2, 0.25) is 5.02 Å². The monoisotopic (exact) mass is 309 g/mol. The van der Waals surface area contributed by atoms with Crippen LogP contribution in [0, 0.1) is 0 Å². The third-order valence-corrected chi connectivity index (χ3v) is 3.77. The molecular formula is C15H20ClN3O2. The fraction of sp³-hybridized carbons (Fsp3) is 0.467. The summed E-state index contributed by atoms with van der Waals surface area (Å²) in [6.07, 6.45) is 0.262. The minimum atomic E-state index is -0.430.